The second kappa shape index (κ2) is 13.1. The summed E-state index contributed by atoms with van der Waals surface area (Å²) in [6, 6.07) is 7.28. The summed E-state index contributed by atoms with van der Waals surface area (Å²) >= 11 is 1.99. The van der Waals surface area contributed by atoms with Gasteiger partial charge in [-0.15, -0.1) is 0 Å². The molecule has 0 bridgehead atoms. The molecule has 0 unspecified atom stereocenters. The van der Waals surface area contributed by atoms with Gasteiger partial charge in [0.25, 0.3) is 0 Å². The number of carboxylic acids is 1. The van der Waals surface area contributed by atoms with E-state index in [4.69, 9.17) is 4.74 Å². The third-order valence-corrected chi connectivity index (χ3v) is 7.91. The lowest BCUT2D eigenvalue weighted by Crippen LogP contribution is -2.42. The van der Waals surface area contributed by atoms with Crippen molar-refractivity contribution in [3.63, 3.8) is 0 Å². The summed E-state index contributed by atoms with van der Waals surface area (Å²) in [4.78, 5) is 18.3. The van der Waals surface area contributed by atoms with Crippen LogP contribution in [0.5, 0.6) is 5.75 Å². The highest BCUT2D eigenvalue weighted by molar-refractivity contribution is 7.99. The van der Waals surface area contributed by atoms with Gasteiger partial charge in [0, 0.05) is 24.5 Å². The maximum atomic E-state index is 15.4. The first-order chi connectivity index (χ1) is 16.0. The molecule has 1 aliphatic heterocycles. The van der Waals surface area contributed by atoms with Crippen molar-refractivity contribution >= 4 is 28.6 Å². The second-order valence-electron chi connectivity index (χ2n) is 9.00. The average Bonchev–Trinajstić information content (AvgIpc) is 2.82. The maximum Gasteiger partial charge on any atom is 0.303 e. The maximum absolute atomic E-state index is 15.4. The number of halogens is 1. The number of rotatable bonds is 13. The molecule has 5 nitrogen and oxygen atoms in total. The van der Waals surface area contributed by atoms with Gasteiger partial charge in [-0.3, -0.25) is 9.78 Å². The van der Waals surface area contributed by atoms with Crippen LogP contribution in [0.1, 0.15) is 57.2 Å². The van der Waals surface area contributed by atoms with E-state index in [1.807, 2.05) is 30.0 Å². The Bertz CT molecular complexity index is 897. The van der Waals surface area contributed by atoms with E-state index in [0.29, 0.717) is 24.2 Å². The number of aromatic nitrogens is 1. The fourth-order valence-corrected chi connectivity index (χ4v) is 5.72. The molecule has 3 rings (SSSR count). The first-order valence-corrected chi connectivity index (χ1v) is 13.3. The minimum atomic E-state index is -1.11. The van der Waals surface area contributed by atoms with Gasteiger partial charge in [-0.2, -0.15) is 11.8 Å². The van der Waals surface area contributed by atoms with Gasteiger partial charge in [0.05, 0.1) is 12.6 Å². The highest BCUT2D eigenvalue weighted by atomic mass is 32.2. The van der Waals surface area contributed by atoms with Crippen LogP contribution in [0.2, 0.25) is 0 Å². The Labute approximate surface area is 201 Å². The lowest BCUT2D eigenvalue weighted by atomic mass is 9.79. The average molecular weight is 477 g/mol. The molecule has 0 amide bonds. The Balaban J connectivity index is 1.59. The monoisotopic (exact) mass is 476 g/mol. The Morgan fingerprint density at radius 1 is 1.33 bits per heavy atom. The molecule has 7 heteroatoms. The van der Waals surface area contributed by atoms with E-state index in [1.54, 1.807) is 19.4 Å². The molecule has 1 N–H and O–H groups in total. The highest BCUT2D eigenvalue weighted by Gasteiger charge is 2.31. The number of likely N-dealkylation sites (tertiary alicyclic amines) is 1. The number of benzene rings is 1. The van der Waals surface area contributed by atoms with Crippen molar-refractivity contribution in [3.8, 4) is 5.75 Å². The van der Waals surface area contributed by atoms with Crippen molar-refractivity contribution in [1.82, 2.24) is 9.88 Å². The number of ether oxygens (including phenoxy) is 1. The SMILES string of the molecule is CCCSCCCN1CC[C@@H](CC[C@H](F)c2ccnc3ccc(OC)cc23)[C@@H](CC(=O)O)C1. The molecule has 1 saturated heterocycles. The lowest BCUT2D eigenvalue weighted by Gasteiger charge is -2.38. The Morgan fingerprint density at radius 2 is 2.18 bits per heavy atom. The van der Waals surface area contributed by atoms with Crippen LogP contribution in [-0.4, -0.2) is 59.2 Å². The molecule has 0 saturated carbocycles. The number of piperidine rings is 1. The van der Waals surface area contributed by atoms with Crippen LogP contribution >= 0.6 is 11.8 Å². The van der Waals surface area contributed by atoms with Gasteiger partial charge in [0.2, 0.25) is 0 Å². The summed E-state index contributed by atoms with van der Waals surface area (Å²) in [5.41, 5.74) is 1.39. The minimum absolute atomic E-state index is 0.0843. The topological polar surface area (TPSA) is 62.7 Å². The number of thioether (sulfide) groups is 1. The van der Waals surface area contributed by atoms with Gasteiger partial charge in [0.1, 0.15) is 11.9 Å². The van der Waals surface area contributed by atoms with Crippen LogP contribution < -0.4 is 4.74 Å². The Hall–Kier alpha value is -1.86. The largest absolute Gasteiger partial charge is 0.497 e. The van der Waals surface area contributed by atoms with Crippen LogP contribution in [0.25, 0.3) is 10.9 Å². The number of pyridine rings is 1. The normalized spacial score (nSPS) is 20.1. The molecule has 3 atom stereocenters. The van der Waals surface area contributed by atoms with Crippen LogP contribution in [0.4, 0.5) is 4.39 Å². The number of aliphatic carboxylic acids is 1. The van der Waals surface area contributed by atoms with E-state index in [0.717, 1.165) is 49.1 Å². The standard InChI is InChI=1S/C26H37FN2O3S/c1-3-14-33-15-4-12-29-13-10-19(20(18-29)16-26(30)31)5-7-24(27)22-9-11-28-25-8-6-21(32-2)17-23(22)25/h6,8-9,11,17,19-20,24H,3-5,7,10,12-16,18H2,1-2H3,(H,30,31)/t19-,20+,24+/m1/s1. The summed E-state index contributed by atoms with van der Waals surface area (Å²) in [6.45, 7) is 5.01. The molecule has 2 heterocycles. The van der Waals surface area contributed by atoms with Crippen LogP contribution in [0, 0.1) is 11.8 Å². The van der Waals surface area contributed by atoms with Crippen molar-refractivity contribution in [2.24, 2.45) is 11.8 Å². The Morgan fingerprint density at radius 3 is 2.94 bits per heavy atom. The number of carboxylic acid groups (broad SMARTS) is 1. The molecular formula is C26H37FN2O3S. The van der Waals surface area contributed by atoms with E-state index in [-0.39, 0.29) is 18.3 Å². The first kappa shape index (κ1) is 25.8. The van der Waals surface area contributed by atoms with Gasteiger partial charge in [0.15, 0.2) is 0 Å². The first-order valence-electron chi connectivity index (χ1n) is 12.1. The summed E-state index contributed by atoms with van der Waals surface area (Å²) < 4.78 is 20.7. The summed E-state index contributed by atoms with van der Waals surface area (Å²) in [6.07, 6.45) is 5.09. The minimum Gasteiger partial charge on any atom is -0.497 e. The van der Waals surface area contributed by atoms with E-state index < -0.39 is 12.1 Å². The zero-order valence-corrected chi connectivity index (χ0v) is 20.7. The second-order valence-corrected chi connectivity index (χ2v) is 10.2. The fraction of sp³-hybridized carbons (Fsp3) is 0.615. The number of hydrogen-bond acceptors (Lipinski definition) is 5. The molecule has 182 valence electrons. The van der Waals surface area contributed by atoms with E-state index >= 15 is 4.39 Å². The van der Waals surface area contributed by atoms with E-state index in [2.05, 4.69) is 16.8 Å². The molecule has 1 aliphatic rings. The summed E-state index contributed by atoms with van der Waals surface area (Å²) in [5, 5.41) is 10.2. The lowest BCUT2D eigenvalue weighted by molar-refractivity contribution is -0.139. The van der Waals surface area contributed by atoms with E-state index in [9.17, 15) is 9.90 Å². The highest BCUT2D eigenvalue weighted by Crippen LogP contribution is 2.36. The van der Waals surface area contributed by atoms with Crippen molar-refractivity contribution in [3.05, 3.63) is 36.0 Å². The number of carbonyl (C=O) groups is 1. The zero-order valence-electron chi connectivity index (χ0n) is 19.8. The van der Waals surface area contributed by atoms with Gasteiger partial charge >= 0.3 is 5.97 Å². The van der Waals surface area contributed by atoms with Crippen molar-refractivity contribution in [2.45, 2.75) is 51.6 Å². The quantitative estimate of drug-likeness (QED) is 0.359. The van der Waals surface area contributed by atoms with Gasteiger partial charge < -0.3 is 14.7 Å². The number of nitrogens with zero attached hydrogens (tertiary/aromatic N) is 2. The molecule has 2 aromatic rings. The van der Waals surface area contributed by atoms with E-state index in [1.165, 1.54) is 12.2 Å². The van der Waals surface area contributed by atoms with Gasteiger partial charge in [-0.1, -0.05) is 6.92 Å². The van der Waals surface area contributed by atoms with Gasteiger partial charge in [-0.25, -0.2) is 4.39 Å². The number of hydrogen-bond donors (Lipinski definition) is 1. The molecule has 0 aliphatic carbocycles. The fourth-order valence-electron chi connectivity index (χ4n) is 4.89. The predicted molar refractivity (Wildman–Crippen MR) is 134 cm³/mol. The molecule has 33 heavy (non-hydrogen) atoms. The summed E-state index contributed by atoms with van der Waals surface area (Å²) in [7, 11) is 1.60. The Kier molecular flexibility index (Phi) is 10.3. The molecule has 0 spiro atoms. The number of fused-ring (bicyclic) bond motifs is 1. The molecular weight excluding hydrogens is 439 g/mol. The van der Waals surface area contributed by atoms with Gasteiger partial charge in [-0.05, 0) is 98.4 Å². The summed E-state index contributed by atoms with van der Waals surface area (Å²) in [5.74, 6) is 2.62. The van der Waals surface area contributed by atoms with Crippen LogP contribution in [-0.2, 0) is 4.79 Å². The van der Waals surface area contributed by atoms with Crippen LogP contribution in [0.15, 0.2) is 30.5 Å². The van der Waals surface area contributed by atoms with Crippen LogP contribution in [0.3, 0.4) is 0 Å². The predicted octanol–water partition coefficient (Wildman–Crippen LogP) is 5.98. The molecule has 1 aromatic heterocycles. The molecule has 1 aromatic carbocycles. The number of alkyl halides is 1. The number of methoxy groups -OCH3 is 1. The third-order valence-electron chi connectivity index (χ3n) is 6.63. The molecule has 1 fully saturated rings. The third kappa shape index (κ3) is 7.57. The zero-order chi connectivity index (χ0) is 23.6. The van der Waals surface area contributed by atoms with Crippen molar-refractivity contribution in [2.75, 3.05) is 38.2 Å². The smallest absolute Gasteiger partial charge is 0.303 e. The van der Waals surface area contributed by atoms with Crippen molar-refractivity contribution < 1.29 is 19.0 Å². The molecule has 0 radical (unpaired) electrons. The van der Waals surface area contributed by atoms with Crippen molar-refractivity contribution in [1.29, 1.82) is 0 Å².